The molecule has 0 aliphatic carbocycles. The van der Waals surface area contributed by atoms with Crippen molar-refractivity contribution >= 4 is 28.4 Å². The Labute approximate surface area is 112 Å². The molecule has 0 fully saturated rings. The van der Waals surface area contributed by atoms with E-state index in [1.807, 2.05) is 24.4 Å². The van der Waals surface area contributed by atoms with Crippen LogP contribution in [0.5, 0.6) is 0 Å². The molecule has 0 unspecified atom stereocenters. The molecule has 0 radical (unpaired) electrons. The molecule has 0 saturated heterocycles. The van der Waals surface area contributed by atoms with Gasteiger partial charge in [-0.05, 0) is 23.6 Å². The minimum absolute atomic E-state index is 0.0320. The number of hydrogen-bond donors (Lipinski definition) is 2. The van der Waals surface area contributed by atoms with Gasteiger partial charge in [0.25, 0.3) is 0 Å². The summed E-state index contributed by atoms with van der Waals surface area (Å²) in [5, 5.41) is 4.53. The number of aromatic nitrogens is 1. The molecule has 18 heavy (non-hydrogen) atoms. The van der Waals surface area contributed by atoms with Crippen molar-refractivity contribution in [2.45, 2.75) is 20.3 Å². The van der Waals surface area contributed by atoms with E-state index in [1.165, 1.54) is 0 Å². The number of benzene rings is 1. The molecule has 2 N–H and O–H groups in total. The Bertz CT molecular complexity index is 560. The second-order valence-electron chi connectivity index (χ2n) is 4.85. The van der Waals surface area contributed by atoms with Crippen LogP contribution in [0.1, 0.15) is 19.4 Å². The molecule has 0 bridgehead atoms. The zero-order valence-electron chi connectivity index (χ0n) is 10.6. The summed E-state index contributed by atoms with van der Waals surface area (Å²) in [6, 6.07) is 5.69. The highest BCUT2D eigenvalue weighted by atomic mass is 35.5. The molecule has 2 rings (SSSR count). The fourth-order valence-electron chi connectivity index (χ4n) is 1.90. The van der Waals surface area contributed by atoms with Crippen LogP contribution < -0.4 is 5.32 Å². The van der Waals surface area contributed by atoms with E-state index in [9.17, 15) is 4.79 Å². The quantitative estimate of drug-likeness (QED) is 0.876. The summed E-state index contributed by atoms with van der Waals surface area (Å²) in [6.07, 6.45) is 2.21. The van der Waals surface area contributed by atoms with Crippen molar-refractivity contribution < 1.29 is 4.79 Å². The van der Waals surface area contributed by atoms with E-state index in [0.717, 1.165) is 16.5 Å². The largest absolute Gasteiger partial charge is 0.361 e. The van der Waals surface area contributed by atoms with E-state index in [0.29, 0.717) is 23.9 Å². The summed E-state index contributed by atoms with van der Waals surface area (Å²) in [5.41, 5.74) is 1.91. The summed E-state index contributed by atoms with van der Waals surface area (Å²) in [5.74, 6) is 0.491. The Morgan fingerprint density at radius 1 is 1.44 bits per heavy atom. The molecule has 4 heteroatoms. The van der Waals surface area contributed by atoms with Gasteiger partial charge in [0, 0.05) is 23.6 Å². The maximum absolute atomic E-state index is 11.8. The van der Waals surface area contributed by atoms with E-state index < -0.39 is 0 Å². The van der Waals surface area contributed by atoms with Gasteiger partial charge in [0.1, 0.15) is 0 Å². The number of H-pyrrole nitrogens is 1. The van der Waals surface area contributed by atoms with Gasteiger partial charge in [0.15, 0.2) is 0 Å². The first kappa shape index (κ1) is 13.0. The van der Waals surface area contributed by atoms with Crippen molar-refractivity contribution in [3.8, 4) is 0 Å². The highest BCUT2D eigenvalue weighted by molar-refractivity contribution is 6.35. The number of fused-ring (bicyclic) bond motifs is 1. The topological polar surface area (TPSA) is 44.9 Å². The van der Waals surface area contributed by atoms with Crippen molar-refractivity contribution in [1.29, 1.82) is 0 Å². The predicted molar refractivity (Wildman–Crippen MR) is 74.9 cm³/mol. The molecule has 1 heterocycles. The lowest BCUT2D eigenvalue weighted by Crippen LogP contribution is -2.28. The lowest BCUT2D eigenvalue weighted by molar-refractivity contribution is -0.120. The fraction of sp³-hybridized carbons (Fsp3) is 0.357. The zero-order valence-corrected chi connectivity index (χ0v) is 11.3. The van der Waals surface area contributed by atoms with Crippen molar-refractivity contribution in [2.75, 3.05) is 6.54 Å². The Morgan fingerprint density at radius 3 is 2.94 bits per heavy atom. The second kappa shape index (κ2) is 5.44. The van der Waals surface area contributed by atoms with Crippen LogP contribution >= 0.6 is 11.6 Å². The summed E-state index contributed by atoms with van der Waals surface area (Å²) >= 11 is 6.16. The molecule has 0 spiro atoms. The fourth-order valence-corrected chi connectivity index (χ4v) is 2.20. The van der Waals surface area contributed by atoms with Crippen LogP contribution in [0.3, 0.4) is 0 Å². The van der Waals surface area contributed by atoms with Crippen LogP contribution in [0.15, 0.2) is 24.4 Å². The van der Waals surface area contributed by atoms with Gasteiger partial charge >= 0.3 is 0 Å². The summed E-state index contributed by atoms with van der Waals surface area (Å²) < 4.78 is 0. The van der Waals surface area contributed by atoms with E-state index in [2.05, 4.69) is 24.1 Å². The number of carbonyl (C=O) groups excluding carboxylic acids is 1. The summed E-state index contributed by atoms with van der Waals surface area (Å²) in [4.78, 5) is 14.9. The third-order valence-electron chi connectivity index (χ3n) is 2.80. The number of rotatable bonds is 4. The van der Waals surface area contributed by atoms with Crippen LogP contribution in [0, 0.1) is 5.92 Å². The molecule has 96 valence electrons. The molecule has 0 aliphatic heterocycles. The highest BCUT2D eigenvalue weighted by Crippen LogP contribution is 2.26. The summed E-state index contributed by atoms with van der Waals surface area (Å²) in [7, 11) is 0. The van der Waals surface area contributed by atoms with Crippen LogP contribution in [-0.2, 0) is 11.2 Å². The third kappa shape index (κ3) is 2.85. The first-order valence-electron chi connectivity index (χ1n) is 6.09. The van der Waals surface area contributed by atoms with Crippen molar-refractivity contribution in [1.82, 2.24) is 10.3 Å². The molecule has 1 amide bonds. The number of hydrogen-bond acceptors (Lipinski definition) is 1. The molecule has 2 aromatic rings. The minimum Gasteiger partial charge on any atom is -0.361 e. The Hall–Kier alpha value is -1.48. The normalized spacial score (nSPS) is 11.1. The number of nitrogens with one attached hydrogen (secondary N) is 2. The third-order valence-corrected chi connectivity index (χ3v) is 3.11. The monoisotopic (exact) mass is 264 g/mol. The summed E-state index contributed by atoms with van der Waals surface area (Å²) in [6.45, 7) is 4.85. The van der Waals surface area contributed by atoms with Crippen LogP contribution in [0.25, 0.3) is 10.9 Å². The van der Waals surface area contributed by atoms with Crippen LogP contribution in [0.2, 0.25) is 5.02 Å². The molecular formula is C14H17ClN2O. The number of carbonyl (C=O) groups is 1. The Balaban J connectivity index is 2.15. The molecule has 0 atom stereocenters. The van der Waals surface area contributed by atoms with Crippen molar-refractivity contribution in [2.24, 2.45) is 5.92 Å². The molecule has 3 nitrogen and oxygen atoms in total. The van der Waals surface area contributed by atoms with Gasteiger partial charge < -0.3 is 10.3 Å². The molecule has 1 aromatic heterocycles. The number of aromatic amines is 1. The Morgan fingerprint density at radius 2 is 2.22 bits per heavy atom. The minimum atomic E-state index is 0.0320. The number of halogens is 1. The smallest absolute Gasteiger partial charge is 0.224 e. The zero-order chi connectivity index (χ0) is 13.1. The van der Waals surface area contributed by atoms with E-state index >= 15 is 0 Å². The van der Waals surface area contributed by atoms with Gasteiger partial charge in [-0.25, -0.2) is 0 Å². The van der Waals surface area contributed by atoms with Gasteiger partial charge in [0.2, 0.25) is 5.91 Å². The van der Waals surface area contributed by atoms with Gasteiger partial charge in [-0.2, -0.15) is 0 Å². The van der Waals surface area contributed by atoms with Gasteiger partial charge in [-0.15, -0.1) is 0 Å². The maximum atomic E-state index is 11.8. The standard InChI is InChI=1S/C14H17ClN2O/c1-9(2)7-17-13(18)6-10-8-16-12-5-3-4-11(15)14(10)12/h3-5,8-9,16H,6-7H2,1-2H3,(H,17,18). The van der Waals surface area contributed by atoms with E-state index in [4.69, 9.17) is 11.6 Å². The number of amides is 1. The van der Waals surface area contributed by atoms with E-state index in [1.54, 1.807) is 0 Å². The maximum Gasteiger partial charge on any atom is 0.224 e. The SMILES string of the molecule is CC(C)CNC(=O)Cc1c[nH]c2cccc(Cl)c12. The lowest BCUT2D eigenvalue weighted by atomic mass is 10.1. The first-order chi connectivity index (χ1) is 8.58. The van der Waals surface area contributed by atoms with Gasteiger partial charge in [-0.3, -0.25) is 4.79 Å². The van der Waals surface area contributed by atoms with Crippen LogP contribution in [0.4, 0.5) is 0 Å². The lowest BCUT2D eigenvalue weighted by Gasteiger charge is -2.07. The molecule has 0 aliphatic rings. The second-order valence-corrected chi connectivity index (χ2v) is 5.26. The Kier molecular flexibility index (Phi) is 3.92. The molecule has 1 aromatic carbocycles. The van der Waals surface area contributed by atoms with Crippen LogP contribution in [-0.4, -0.2) is 17.4 Å². The molecule has 0 saturated carbocycles. The van der Waals surface area contributed by atoms with Crippen molar-refractivity contribution in [3.05, 3.63) is 35.0 Å². The highest BCUT2D eigenvalue weighted by Gasteiger charge is 2.11. The molecular weight excluding hydrogens is 248 g/mol. The van der Waals surface area contributed by atoms with Gasteiger partial charge in [-0.1, -0.05) is 31.5 Å². The first-order valence-corrected chi connectivity index (χ1v) is 6.47. The van der Waals surface area contributed by atoms with E-state index in [-0.39, 0.29) is 5.91 Å². The predicted octanol–water partition coefficient (Wildman–Crippen LogP) is 3.14. The van der Waals surface area contributed by atoms with Crippen molar-refractivity contribution in [3.63, 3.8) is 0 Å². The average Bonchev–Trinajstić information content (AvgIpc) is 2.71. The van der Waals surface area contributed by atoms with Gasteiger partial charge in [0.05, 0.1) is 11.4 Å². The average molecular weight is 265 g/mol.